The summed E-state index contributed by atoms with van der Waals surface area (Å²) in [4.78, 5) is 23.5. The molecule has 1 aromatic carbocycles. The van der Waals surface area contributed by atoms with Gasteiger partial charge in [0.1, 0.15) is 5.60 Å². The molecule has 1 aromatic rings. The van der Waals surface area contributed by atoms with Gasteiger partial charge in [-0.3, -0.25) is 9.59 Å². The predicted octanol–water partition coefficient (Wildman–Crippen LogP) is 2.83. The standard InChI is InChI=1S/C16H14F3NO4/c17-16(18,19)5-4-10-2-1-3-11(6-10)20-12(21)15-7-14(8-15,9-24-15)13(22)23/h1-6H,7-9H2,(H,20,21)(H,22,23)/b5-4+. The highest BCUT2D eigenvalue weighted by Gasteiger charge is 2.70. The zero-order valence-electron chi connectivity index (χ0n) is 12.4. The van der Waals surface area contributed by atoms with Crippen LogP contribution in [0.15, 0.2) is 30.3 Å². The summed E-state index contributed by atoms with van der Waals surface area (Å²) in [7, 11) is 0. The van der Waals surface area contributed by atoms with Gasteiger partial charge in [-0.1, -0.05) is 18.2 Å². The SMILES string of the molecule is O=C(O)C12COC(C(=O)Nc3cccc(/C=C/C(F)(F)F)c3)(C1)C2. The Kier molecular flexibility index (Phi) is 3.67. The third kappa shape index (κ3) is 2.89. The third-order valence-corrected chi connectivity index (χ3v) is 4.35. The lowest BCUT2D eigenvalue weighted by atomic mass is 9.62. The van der Waals surface area contributed by atoms with Gasteiger partial charge in [0.05, 0.1) is 12.0 Å². The van der Waals surface area contributed by atoms with Crippen LogP contribution in [0, 0.1) is 5.41 Å². The number of amides is 1. The first-order chi connectivity index (χ1) is 11.1. The van der Waals surface area contributed by atoms with Crippen LogP contribution < -0.4 is 5.32 Å². The van der Waals surface area contributed by atoms with Crippen LogP contribution in [0.1, 0.15) is 18.4 Å². The van der Waals surface area contributed by atoms with Gasteiger partial charge in [-0.2, -0.15) is 13.2 Å². The minimum absolute atomic E-state index is 0.00981. The molecular formula is C16H14F3NO4. The van der Waals surface area contributed by atoms with Crippen molar-refractivity contribution in [2.45, 2.75) is 24.6 Å². The van der Waals surface area contributed by atoms with Gasteiger partial charge in [0.2, 0.25) is 0 Å². The number of halogens is 3. The van der Waals surface area contributed by atoms with Gasteiger partial charge in [0, 0.05) is 24.6 Å². The molecule has 5 nitrogen and oxygen atoms in total. The van der Waals surface area contributed by atoms with Crippen molar-refractivity contribution >= 4 is 23.6 Å². The van der Waals surface area contributed by atoms with E-state index in [1.54, 1.807) is 0 Å². The number of hydrogen-bond donors (Lipinski definition) is 2. The van der Waals surface area contributed by atoms with Crippen molar-refractivity contribution in [1.29, 1.82) is 0 Å². The molecule has 128 valence electrons. The van der Waals surface area contributed by atoms with Crippen molar-refractivity contribution < 1.29 is 32.6 Å². The van der Waals surface area contributed by atoms with E-state index >= 15 is 0 Å². The third-order valence-electron chi connectivity index (χ3n) is 4.35. The number of allylic oxidation sites excluding steroid dienone is 1. The predicted molar refractivity (Wildman–Crippen MR) is 78.1 cm³/mol. The van der Waals surface area contributed by atoms with Crippen LogP contribution in [0.5, 0.6) is 0 Å². The van der Waals surface area contributed by atoms with Crippen molar-refractivity contribution in [3.8, 4) is 0 Å². The minimum Gasteiger partial charge on any atom is -0.481 e. The van der Waals surface area contributed by atoms with Crippen LogP contribution in [0.25, 0.3) is 6.08 Å². The summed E-state index contributed by atoms with van der Waals surface area (Å²) < 4.78 is 42.0. The summed E-state index contributed by atoms with van der Waals surface area (Å²) in [6.07, 6.45) is -3.19. The molecule has 2 heterocycles. The van der Waals surface area contributed by atoms with E-state index in [0.717, 1.165) is 6.08 Å². The monoisotopic (exact) mass is 341 g/mol. The smallest absolute Gasteiger partial charge is 0.409 e. The number of ether oxygens (including phenoxy) is 1. The molecule has 2 N–H and O–H groups in total. The van der Waals surface area contributed by atoms with E-state index in [2.05, 4.69) is 5.32 Å². The normalized spacial score (nSPS) is 28.6. The molecule has 0 aromatic heterocycles. The van der Waals surface area contributed by atoms with E-state index < -0.39 is 29.1 Å². The van der Waals surface area contributed by atoms with E-state index in [0.29, 0.717) is 5.69 Å². The Morgan fingerprint density at radius 1 is 1.29 bits per heavy atom. The molecule has 0 spiro atoms. The Hall–Kier alpha value is -2.35. The summed E-state index contributed by atoms with van der Waals surface area (Å²) in [5.41, 5.74) is -1.55. The number of carboxylic acids is 1. The van der Waals surface area contributed by atoms with E-state index in [9.17, 15) is 22.8 Å². The fourth-order valence-corrected chi connectivity index (χ4v) is 3.12. The van der Waals surface area contributed by atoms with Gasteiger partial charge >= 0.3 is 12.1 Å². The van der Waals surface area contributed by atoms with E-state index in [1.165, 1.54) is 24.3 Å². The topological polar surface area (TPSA) is 75.6 Å². The molecule has 3 fully saturated rings. The van der Waals surface area contributed by atoms with Crippen LogP contribution in [-0.2, 0) is 14.3 Å². The Bertz CT molecular complexity index is 720. The molecule has 8 heteroatoms. The molecule has 1 amide bonds. The highest BCUT2D eigenvalue weighted by molar-refractivity contribution is 6.01. The number of fused-ring (bicyclic) bond motifs is 1. The molecule has 2 saturated heterocycles. The van der Waals surface area contributed by atoms with Crippen molar-refractivity contribution in [2.75, 3.05) is 11.9 Å². The molecule has 0 radical (unpaired) electrons. The van der Waals surface area contributed by atoms with Crippen LogP contribution >= 0.6 is 0 Å². The van der Waals surface area contributed by atoms with Gasteiger partial charge in [0.15, 0.2) is 0 Å². The second kappa shape index (κ2) is 5.34. The second-order valence-electron chi connectivity index (χ2n) is 6.18. The highest BCUT2D eigenvalue weighted by atomic mass is 19.4. The minimum atomic E-state index is -4.41. The quantitative estimate of drug-likeness (QED) is 0.883. The maximum atomic E-state index is 12.3. The van der Waals surface area contributed by atoms with Crippen LogP contribution in [-0.4, -0.2) is 35.4 Å². The number of carboxylic acid groups (broad SMARTS) is 1. The number of hydrogen-bond acceptors (Lipinski definition) is 3. The van der Waals surface area contributed by atoms with E-state index in [1.807, 2.05) is 0 Å². The number of nitrogens with one attached hydrogen (secondary N) is 1. The Balaban J connectivity index is 1.68. The largest absolute Gasteiger partial charge is 0.481 e. The van der Waals surface area contributed by atoms with Gasteiger partial charge in [-0.05, 0) is 17.7 Å². The lowest BCUT2D eigenvalue weighted by molar-refractivity contribution is -0.156. The average Bonchev–Trinajstić information content (AvgIpc) is 3.02. The number of carbonyl (C=O) groups is 2. The second-order valence-corrected chi connectivity index (χ2v) is 6.18. The maximum absolute atomic E-state index is 12.3. The van der Waals surface area contributed by atoms with Gasteiger partial charge < -0.3 is 15.2 Å². The first-order valence-electron chi connectivity index (χ1n) is 7.19. The van der Waals surface area contributed by atoms with Crippen molar-refractivity contribution in [3.05, 3.63) is 35.9 Å². The number of rotatable bonds is 4. The molecule has 0 unspecified atom stereocenters. The fourth-order valence-electron chi connectivity index (χ4n) is 3.12. The molecule has 3 aliphatic rings. The van der Waals surface area contributed by atoms with Gasteiger partial charge in [0.25, 0.3) is 5.91 Å². The zero-order chi connectivity index (χ0) is 17.6. The number of carbonyl (C=O) groups excluding carboxylic acids is 1. The van der Waals surface area contributed by atoms with Gasteiger partial charge in [-0.15, -0.1) is 0 Å². The highest BCUT2D eigenvalue weighted by Crippen LogP contribution is 2.58. The van der Waals surface area contributed by atoms with Gasteiger partial charge in [-0.25, -0.2) is 0 Å². The first-order valence-corrected chi connectivity index (χ1v) is 7.19. The number of anilines is 1. The number of benzene rings is 1. The summed E-state index contributed by atoms with van der Waals surface area (Å²) in [5, 5.41) is 11.7. The van der Waals surface area contributed by atoms with E-state index in [-0.39, 0.29) is 31.1 Å². The first kappa shape index (κ1) is 16.5. The average molecular weight is 341 g/mol. The Morgan fingerprint density at radius 3 is 2.58 bits per heavy atom. The zero-order valence-corrected chi connectivity index (χ0v) is 12.4. The number of alkyl halides is 3. The Labute approximate surface area is 135 Å². The molecule has 24 heavy (non-hydrogen) atoms. The van der Waals surface area contributed by atoms with E-state index in [4.69, 9.17) is 9.84 Å². The maximum Gasteiger partial charge on any atom is 0.409 e. The van der Waals surface area contributed by atoms with Crippen molar-refractivity contribution in [2.24, 2.45) is 5.41 Å². The van der Waals surface area contributed by atoms with Crippen molar-refractivity contribution in [1.82, 2.24) is 0 Å². The molecule has 4 rings (SSSR count). The van der Waals surface area contributed by atoms with Crippen LogP contribution in [0.3, 0.4) is 0 Å². The summed E-state index contributed by atoms with van der Waals surface area (Å²) in [6, 6.07) is 5.93. The molecule has 0 atom stereocenters. The van der Waals surface area contributed by atoms with Crippen molar-refractivity contribution in [3.63, 3.8) is 0 Å². The summed E-state index contributed by atoms with van der Waals surface area (Å²) >= 11 is 0. The van der Waals surface area contributed by atoms with Crippen LogP contribution in [0.4, 0.5) is 18.9 Å². The fraction of sp³-hybridized carbons (Fsp3) is 0.375. The summed E-state index contributed by atoms with van der Waals surface area (Å²) in [5.74, 6) is -1.46. The lowest BCUT2D eigenvalue weighted by Crippen LogP contribution is -2.55. The molecular weight excluding hydrogens is 327 g/mol. The summed E-state index contributed by atoms with van der Waals surface area (Å²) in [6.45, 7) is -0.00981. The van der Waals surface area contributed by atoms with Crippen LogP contribution in [0.2, 0.25) is 0 Å². The molecule has 2 aliphatic heterocycles. The number of aliphatic carboxylic acids is 1. The molecule has 1 saturated carbocycles. The Morgan fingerprint density at radius 2 is 2.00 bits per heavy atom. The molecule has 1 aliphatic carbocycles. The lowest BCUT2D eigenvalue weighted by Gasteiger charge is -2.40. The molecule has 2 bridgehead atoms.